The first-order valence-corrected chi connectivity index (χ1v) is 15.0. The lowest BCUT2D eigenvalue weighted by Crippen LogP contribution is -2.42. The zero-order chi connectivity index (χ0) is 29.6. The maximum absolute atomic E-state index is 13.4. The fourth-order valence-corrected chi connectivity index (χ4v) is 6.57. The van der Waals surface area contributed by atoms with Gasteiger partial charge in [0.2, 0.25) is 0 Å². The molecule has 5 rings (SSSR count). The van der Waals surface area contributed by atoms with E-state index in [0.29, 0.717) is 24.1 Å². The number of benzene rings is 1. The second-order valence-electron chi connectivity index (χ2n) is 11.7. The molecule has 0 bridgehead atoms. The van der Waals surface area contributed by atoms with Crippen molar-refractivity contribution in [1.82, 2.24) is 15.1 Å². The van der Waals surface area contributed by atoms with E-state index in [2.05, 4.69) is 17.1 Å². The summed E-state index contributed by atoms with van der Waals surface area (Å²) >= 11 is 0. The van der Waals surface area contributed by atoms with Gasteiger partial charge < -0.3 is 9.64 Å². The van der Waals surface area contributed by atoms with Gasteiger partial charge in [0.05, 0.1) is 15.9 Å². The summed E-state index contributed by atoms with van der Waals surface area (Å²) in [5, 5.41) is 1.57. The highest BCUT2D eigenvalue weighted by Gasteiger charge is 2.62. The Morgan fingerprint density at radius 2 is 1.88 bits per heavy atom. The molecule has 1 aromatic carbocycles. The van der Waals surface area contributed by atoms with E-state index in [0.717, 1.165) is 6.42 Å². The summed E-state index contributed by atoms with van der Waals surface area (Å²) in [5.41, 5.74) is 1.17. The number of anilines is 2. The number of hydrogen-bond donors (Lipinski definition) is 2. The van der Waals surface area contributed by atoms with Crippen molar-refractivity contribution >= 4 is 27.6 Å². The smallest absolute Gasteiger partial charge is 0.358 e. The highest BCUT2D eigenvalue weighted by molar-refractivity contribution is 7.90. The molecule has 2 atom stereocenters. The van der Waals surface area contributed by atoms with E-state index < -0.39 is 33.7 Å². The average Bonchev–Trinajstić information content (AvgIpc) is 3.47. The predicted octanol–water partition coefficient (Wildman–Crippen LogP) is 4.74. The number of nitrogens with one attached hydrogen (secondary N) is 2. The number of ether oxygens (including phenoxy) is 1. The summed E-state index contributed by atoms with van der Waals surface area (Å²) in [6.45, 7) is 6.74. The number of hydrogen-bond acceptors (Lipinski definition) is 8. The molecular formula is C28H34F3N5O4S. The Hall–Kier alpha value is -3.16. The Morgan fingerprint density at radius 3 is 2.49 bits per heavy atom. The van der Waals surface area contributed by atoms with E-state index in [1.165, 1.54) is 18.2 Å². The number of aromatic nitrogens is 1. The largest absolute Gasteiger partial charge is 0.394 e. The zero-order valence-corrected chi connectivity index (χ0v) is 23.9. The van der Waals surface area contributed by atoms with Crippen molar-refractivity contribution in [3.63, 3.8) is 0 Å². The molecular weight excluding hydrogens is 559 g/mol. The van der Waals surface area contributed by atoms with Gasteiger partial charge in [0.15, 0.2) is 0 Å². The van der Waals surface area contributed by atoms with Crippen molar-refractivity contribution in [2.45, 2.75) is 69.3 Å². The van der Waals surface area contributed by atoms with Gasteiger partial charge in [0.25, 0.3) is 15.9 Å². The number of amides is 1. The van der Waals surface area contributed by atoms with Gasteiger partial charge in [-0.25, -0.2) is 18.1 Å². The number of nitrogens with zero attached hydrogens (tertiary/aromatic N) is 3. The molecule has 1 aromatic heterocycles. The second-order valence-corrected chi connectivity index (χ2v) is 13.4. The zero-order valence-electron chi connectivity index (χ0n) is 23.1. The van der Waals surface area contributed by atoms with E-state index >= 15 is 0 Å². The summed E-state index contributed by atoms with van der Waals surface area (Å²) in [6.07, 6.45) is -0.533. The molecule has 0 spiro atoms. The van der Waals surface area contributed by atoms with Crippen molar-refractivity contribution in [3.8, 4) is 0 Å². The van der Waals surface area contributed by atoms with Gasteiger partial charge in [0.1, 0.15) is 17.9 Å². The summed E-state index contributed by atoms with van der Waals surface area (Å²) < 4.78 is 73.2. The molecule has 1 saturated carbocycles. The van der Waals surface area contributed by atoms with Crippen LogP contribution in [0.15, 0.2) is 59.6 Å². The van der Waals surface area contributed by atoms with E-state index in [4.69, 9.17) is 9.72 Å². The molecule has 13 heteroatoms. The van der Waals surface area contributed by atoms with Crippen LogP contribution in [0.2, 0.25) is 0 Å². The summed E-state index contributed by atoms with van der Waals surface area (Å²) in [6, 6.07) is 10.7. The molecule has 1 aliphatic carbocycles. The lowest BCUT2D eigenvalue weighted by molar-refractivity contribution is -0.192. The molecule has 0 radical (unpaired) electrons. The molecule has 3 heterocycles. The van der Waals surface area contributed by atoms with Crippen LogP contribution in [0.1, 0.15) is 56.8 Å². The van der Waals surface area contributed by atoms with Crippen LogP contribution in [-0.2, 0) is 14.8 Å². The van der Waals surface area contributed by atoms with Crippen molar-refractivity contribution < 1.29 is 31.1 Å². The third-order valence-corrected chi connectivity index (χ3v) is 9.32. The third kappa shape index (κ3) is 6.07. The van der Waals surface area contributed by atoms with Gasteiger partial charge >= 0.3 is 6.18 Å². The minimum atomic E-state index is -4.23. The molecule has 3 aliphatic rings. The Balaban J connectivity index is 1.34. The molecule has 9 nitrogen and oxygen atoms in total. The van der Waals surface area contributed by atoms with Crippen LogP contribution in [0, 0.1) is 11.3 Å². The van der Waals surface area contributed by atoms with Crippen LogP contribution in [0.5, 0.6) is 0 Å². The van der Waals surface area contributed by atoms with Gasteiger partial charge in [-0.2, -0.15) is 18.6 Å². The Labute approximate surface area is 237 Å². The van der Waals surface area contributed by atoms with Crippen LogP contribution >= 0.6 is 0 Å². The van der Waals surface area contributed by atoms with E-state index in [-0.39, 0.29) is 41.9 Å². The quantitative estimate of drug-likeness (QED) is 0.430. The normalized spacial score (nSPS) is 23.2. The van der Waals surface area contributed by atoms with Gasteiger partial charge in [-0.15, -0.1) is 0 Å². The molecule has 2 aromatic rings. The molecule has 1 saturated heterocycles. The minimum Gasteiger partial charge on any atom is -0.358 e. The standard InChI is InChI=1S/C28H34F3N5O4S/c1-19-17-26(2,3)35(18-19)24-21(25(37)34-41(38,39)20-7-5-4-6-8-20)9-10-22(32-24)36-15-11-23(33-36)40-16-14-27(12-13-27)28(29,30)31/h4-11,15,19,23,33H,12-14,16-18H2,1-3H3,(H,34,37)/t19-,23?/m0/s1. The number of halogens is 3. The number of rotatable bonds is 9. The lowest BCUT2D eigenvalue weighted by atomic mass is 9.97. The summed E-state index contributed by atoms with van der Waals surface area (Å²) in [5.74, 6) is 0.253. The first-order chi connectivity index (χ1) is 19.2. The van der Waals surface area contributed by atoms with Crippen LogP contribution in [0.25, 0.3) is 0 Å². The number of carbonyl (C=O) groups excluding carboxylic acids is 1. The Kier molecular flexibility index (Phi) is 7.58. The third-order valence-electron chi connectivity index (χ3n) is 7.97. The van der Waals surface area contributed by atoms with Crippen molar-refractivity contribution in [2.24, 2.45) is 11.3 Å². The summed E-state index contributed by atoms with van der Waals surface area (Å²) in [7, 11) is -4.11. The molecule has 222 valence electrons. The van der Waals surface area contributed by atoms with Gasteiger partial charge in [0, 0.05) is 24.9 Å². The number of hydrazine groups is 1. The minimum absolute atomic E-state index is 0.0325. The number of sulfonamides is 1. The maximum Gasteiger partial charge on any atom is 0.394 e. The fourth-order valence-electron chi connectivity index (χ4n) is 5.58. The predicted molar refractivity (Wildman–Crippen MR) is 147 cm³/mol. The summed E-state index contributed by atoms with van der Waals surface area (Å²) in [4.78, 5) is 20.1. The highest BCUT2D eigenvalue weighted by atomic mass is 32.2. The van der Waals surface area contributed by atoms with Crippen molar-refractivity contribution in [2.75, 3.05) is 23.1 Å². The van der Waals surface area contributed by atoms with Gasteiger partial charge in [-0.1, -0.05) is 25.1 Å². The highest BCUT2D eigenvalue weighted by Crippen LogP contribution is 2.59. The van der Waals surface area contributed by atoms with Gasteiger partial charge in [-0.3, -0.25) is 9.80 Å². The SMILES string of the molecule is C[C@@H]1CN(c2nc(N3C=CC(OCCC4(C(F)(F)F)CC4)N3)ccc2C(=O)NS(=O)(=O)c2ccccc2)C(C)(C)C1. The van der Waals surface area contributed by atoms with Crippen LogP contribution in [-0.4, -0.2) is 50.4 Å². The Bertz CT molecular complexity index is 1430. The van der Waals surface area contributed by atoms with E-state index in [1.807, 2.05) is 18.7 Å². The van der Waals surface area contributed by atoms with E-state index in [1.54, 1.807) is 41.6 Å². The number of pyridine rings is 1. The Morgan fingerprint density at radius 1 is 1.17 bits per heavy atom. The second kappa shape index (κ2) is 10.6. The lowest BCUT2D eigenvalue weighted by Gasteiger charge is -2.34. The molecule has 2 N–H and O–H groups in total. The first-order valence-electron chi connectivity index (χ1n) is 13.5. The topological polar surface area (TPSA) is 104 Å². The monoisotopic (exact) mass is 593 g/mol. The maximum atomic E-state index is 13.4. The molecule has 1 amide bonds. The molecule has 41 heavy (non-hydrogen) atoms. The average molecular weight is 594 g/mol. The fraction of sp³-hybridized carbons (Fsp3) is 0.500. The van der Waals surface area contributed by atoms with Crippen LogP contribution in [0.3, 0.4) is 0 Å². The number of carbonyl (C=O) groups is 1. The molecule has 2 aliphatic heterocycles. The first kappa shape index (κ1) is 29.3. The van der Waals surface area contributed by atoms with Crippen molar-refractivity contribution in [3.05, 3.63) is 60.3 Å². The van der Waals surface area contributed by atoms with Gasteiger partial charge in [-0.05, 0) is 75.8 Å². The van der Waals surface area contributed by atoms with Crippen LogP contribution < -0.4 is 20.1 Å². The van der Waals surface area contributed by atoms with Crippen molar-refractivity contribution in [1.29, 1.82) is 0 Å². The van der Waals surface area contributed by atoms with Crippen LogP contribution in [0.4, 0.5) is 24.8 Å². The number of alkyl halides is 3. The van der Waals surface area contributed by atoms with E-state index in [9.17, 15) is 26.4 Å². The molecule has 1 unspecified atom stereocenters. The molecule has 2 fully saturated rings.